The topological polar surface area (TPSA) is 50.9 Å². The van der Waals surface area contributed by atoms with Crippen molar-refractivity contribution in [2.24, 2.45) is 0 Å². The molecule has 1 atom stereocenters. The number of anilines is 1. The van der Waals surface area contributed by atoms with Gasteiger partial charge in [0.1, 0.15) is 0 Å². The van der Waals surface area contributed by atoms with E-state index in [0.29, 0.717) is 11.0 Å². The van der Waals surface area contributed by atoms with Crippen LogP contribution in [-0.4, -0.2) is 18.1 Å². The Hall–Kier alpha value is -0.610. The predicted octanol–water partition coefficient (Wildman–Crippen LogP) is 0.802. The SMILES string of the molecule is Nc1nc(C2CCNC2)cs1. The molecule has 0 saturated carbocycles. The molecule has 1 aliphatic heterocycles. The van der Waals surface area contributed by atoms with Crippen molar-refractivity contribution in [3.8, 4) is 0 Å². The van der Waals surface area contributed by atoms with Crippen LogP contribution >= 0.6 is 11.3 Å². The quantitative estimate of drug-likeness (QED) is 0.654. The van der Waals surface area contributed by atoms with Crippen LogP contribution in [0.25, 0.3) is 0 Å². The van der Waals surface area contributed by atoms with E-state index in [0.717, 1.165) is 18.8 Å². The number of rotatable bonds is 1. The first-order valence-corrected chi connectivity index (χ1v) is 4.66. The van der Waals surface area contributed by atoms with Gasteiger partial charge in [-0.05, 0) is 13.0 Å². The van der Waals surface area contributed by atoms with E-state index < -0.39 is 0 Å². The van der Waals surface area contributed by atoms with Gasteiger partial charge in [0.15, 0.2) is 5.13 Å². The van der Waals surface area contributed by atoms with Crippen molar-refractivity contribution >= 4 is 16.5 Å². The third kappa shape index (κ3) is 1.36. The van der Waals surface area contributed by atoms with Gasteiger partial charge in [-0.15, -0.1) is 11.3 Å². The third-order valence-corrected chi connectivity index (χ3v) is 2.71. The summed E-state index contributed by atoms with van der Waals surface area (Å²) in [4.78, 5) is 4.25. The maximum Gasteiger partial charge on any atom is 0.180 e. The highest BCUT2D eigenvalue weighted by Crippen LogP contribution is 2.24. The van der Waals surface area contributed by atoms with Crippen LogP contribution in [0.15, 0.2) is 5.38 Å². The lowest BCUT2D eigenvalue weighted by molar-refractivity contribution is 0.742. The molecule has 0 amide bonds. The molecule has 1 aliphatic rings. The fourth-order valence-electron chi connectivity index (χ4n) is 1.40. The van der Waals surface area contributed by atoms with Gasteiger partial charge in [-0.1, -0.05) is 0 Å². The number of nitrogens with one attached hydrogen (secondary N) is 1. The molecule has 1 unspecified atom stereocenters. The fraction of sp³-hybridized carbons (Fsp3) is 0.571. The molecule has 2 heterocycles. The molecule has 4 heteroatoms. The second-order valence-electron chi connectivity index (χ2n) is 2.80. The molecule has 0 aromatic carbocycles. The lowest BCUT2D eigenvalue weighted by Crippen LogP contribution is -2.08. The Labute approximate surface area is 69.6 Å². The number of hydrogen-bond acceptors (Lipinski definition) is 4. The molecule has 1 saturated heterocycles. The van der Waals surface area contributed by atoms with Gasteiger partial charge in [0.05, 0.1) is 5.69 Å². The highest BCUT2D eigenvalue weighted by Gasteiger charge is 2.18. The summed E-state index contributed by atoms with van der Waals surface area (Å²) in [5, 5.41) is 6.05. The van der Waals surface area contributed by atoms with Crippen LogP contribution in [0.5, 0.6) is 0 Å². The van der Waals surface area contributed by atoms with Gasteiger partial charge < -0.3 is 11.1 Å². The third-order valence-electron chi connectivity index (χ3n) is 2.02. The molecule has 3 N–H and O–H groups in total. The van der Waals surface area contributed by atoms with Gasteiger partial charge in [-0.2, -0.15) is 0 Å². The fourth-order valence-corrected chi connectivity index (χ4v) is 2.04. The standard InChI is InChI=1S/C7H11N3S/c8-7-10-6(4-11-7)5-1-2-9-3-5/h4-5,9H,1-3H2,(H2,8,10). The first kappa shape index (κ1) is 7.06. The van der Waals surface area contributed by atoms with E-state index >= 15 is 0 Å². The summed E-state index contributed by atoms with van der Waals surface area (Å²) in [6.07, 6.45) is 1.20. The highest BCUT2D eigenvalue weighted by molar-refractivity contribution is 7.13. The largest absolute Gasteiger partial charge is 0.375 e. The van der Waals surface area contributed by atoms with Gasteiger partial charge in [-0.3, -0.25) is 0 Å². The predicted molar refractivity (Wildman–Crippen MR) is 46.8 cm³/mol. The maximum absolute atomic E-state index is 5.53. The van der Waals surface area contributed by atoms with Crippen molar-refractivity contribution in [1.29, 1.82) is 0 Å². The summed E-state index contributed by atoms with van der Waals surface area (Å²) in [7, 11) is 0. The minimum Gasteiger partial charge on any atom is -0.375 e. The Morgan fingerprint density at radius 2 is 2.64 bits per heavy atom. The monoisotopic (exact) mass is 169 g/mol. The number of hydrogen-bond donors (Lipinski definition) is 2. The summed E-state index contributed by atoms with van der Waals surface area (Å²) in [5.74, 6) is 0.601. The van der Waals surface area contributed by atoms with E-state index in [9.17, 15) is 0 Å². The Morgan fingerprint density at radius 1 is 1.73 bits per heavy atom. The van der Waals surface area contributed by atoms with Gasteiger partial charge in [0.25, 0.3) is 0 Å². The Morgan fingerprint density at radius 3 is 3.18 bits per heavy atom. The Kier molecular flexibility index (Phi) is 1.79. The number of nitrogens with zero attached hydrogens (tertiary/aromatic N) is 1. The molecule has 0 bridgehead atoms. The van der Waals surface area contributed by atoms with Crippen LogP contribution in [0.2, 0.25) is 0 Å². The average molecular weight is 169 g/mol. The minimum atomic E-state index is 0.601. The smallest absolute Gasteiger partial charge is 0.180 e. The maximum atomic E-state index is 5.53. The van der Waals surface area contributed by atoms with Crippen molar-refractivity contribution < 1.29 is 0 Å². The van der Waals surface area contributed by atoms with Gasteiger partial charge >= 0.3 is 0 Å². The molecular formula is C7H11N3S. The van der Waals surface area contributed by atoms with Crippen molar-refractivity contribution in [2.45, 2.75) is 12.3 Å². The molecule has 1 aromatic heterocycles. The minimum absolute atomic E-state index is 0.601. The van der Waals surface area contributed by atoms with Crippen molar-refractivity contribution in [2.75, 3.05) is 18.8 Å². The summed E-state index contributed by atoms with van der Waals surface area (Å²) < 4.78 is 0. The number of aromatic nitrogens is 1. The number of nitrogen functional groups attached to an aromatic ring is 1. The summed E-state index contributed by atoms with van der Waals surface area (Å²) >= 11 is 1.53. The van der Waals surface area contributed by atoms with E-state index in [1.165, 1.54) is 17.8 Å². The van der Waals surface area contributed by atoms with Crippen LogP contribution in [-0.2, 0) is 0 Å². The van der Waals surface area contributed by atoms with Crippen LogP contribution in [0.4, 0.5) is 5.13 Å². The molecular weight excluding hydrogens is 158 g/mol. The van der Waals surface area contributed by atoms with Crippen LogP contribution in [0.3, 0.4) is 0 Å². The van der Waals surface area contributed by atoms with E-state index in [1.54, 1.807) is 0 Å². The zero-order valence-electron chi connectivity index (χ0n) is 6.21. The first-order valence-electron chi connectivity index (χ1n) is 3.78. The van der Waals surface area contributed by atoms with E-state index in [1.807, 2.05) is 0 Å². The van der Waals surface area contributed by atoms with Gasteiger partial charge in [0.2, 0.25) is 0 Å². The number of nitrogens with two attached hydrogens (primary N) is 1. The normalized spacial score (nSPS) is 24.2. The summed E-state index contributed by atoms with van der Waals surface area (Å²) in [5.41, 5.74) is 6.70. The molecule has 1 fully saturated rings. The van der Waals surface area contributed by atoms with E-state index in [-0.39, 0.29) is 0 Å². The highest BCUT2D eigenvalue weighted by atomic mass is 32.1. The molecule has 3 nitrogen and oxygen atoms in total. The summed E-state index contributed by atoms with van der Waals surface area (Å²) in [6.45, 7) is 2.17. The Bertz CT molecular complexity index is 240. The number of thiazole rings is 1. The second-order valence-corrected chi connectivity index (χ2v) is 3.69. The van der Waals surface area contributed by atoms with Crippen molar-refractivity contribution in [3.05, 3.63) is 11.1 Å². The Balaban J connectivity index is 2.15. The molecule has 11 heavy (non-hydrogen) atoms. The van der Waals surface area contributed by atoms with Crippen molar-refractivity contribution in [3.63, 3.8) is 0 Å². The molecule has 0 aliphatic carbocycles. The second kappa shape index (κ2) is 2.79. The molecule has 1 aromatic rings. The molecule has 2 rings (SSSR count). The van der Waals surface area contributed by atoms with Crippen LogP contribution in [0.1, 0.15) is 18.0 Å². The van der Waals surface area contributed by atoms with E-state index in [4.69, 9.17) is 5.73 Å². The van der Waals surface area contributed by atoms with Crippen LogP contribution in [0, 0.1) is 0 Å². The lowest BCUT2D eigenvalue weighted by atomic mass is 10.1. The van der Waals surface area contributed by atoms with Crippen molar-refractivity contribution in [1.82, 2.24) is 10.3 Å². The molecule has 60 valence electrons. The molecule has 0 spiro atoms. The first-order chi connectivity index (χ1) is 5.36. The zero-order valence-corrected chi connectivity index (χ0v) is 7.03. The van der Waals surface area contributed by atoms with Crippen LogP contribution < -0.4 is 11.1 Å². The lowest BCUT2D eigenvalue weighted by Gasteiger charge is -2.01. The average Bonchev–Trinajstić information content (AvgIpc) is 2.55. The zero-order chi connectivity index (χ0) is 7.68. The van der Waals surface area contributed by atoms with Gasteiger partial charge in [-0.25, -0.2) is 4.98 Å². The van der Waals surface area contributed by atoms with Gasteiger partial charge in [0, 0.05) is 17.8 Å². The van der Waals surface area contributed by atoms with E-state index in [2.05, 4.69) is 15.7 Å². The summed E-state index contributed by atoms with van der Waals surface area (Å²) in [6, 6.07) is 0. The molecule has 0 radical (unpaired) electrons.